The van der Waals surface area contributed by atoms with Crippen molar-refractivity contribution < 1.29 is 27.4 Å². The molecule has 162 valence electrons. The van der Waals surface area contributed by atoms with E-state index >= 15 is 0 Å². The van der Waals surface area contributed by atoms with Gasteiger partial charge in [0, 0.05) is 18.8 Å². The zero-order chi connectivity index (χ0) is 21.7. The van der Waals surface area contributed by atoms with Gasteiger partial charge in [-0.25, -0.2) is 0 Å². The minimum atomic E-state index is -4.60. The highest BCUT2D eigenvalue weighted by molar-refractivity contribution is 5.93. The van der Waals surface area contributed by atoms with Crippen molar-refractivity contribution in [3.63, 3.8) is 0 Å². The number of nitrogens with one attached hydrogen (secondary N) is 1. The molecule has 0 aliphatic carbocycles. The van der Waals surface area contributed by atoms with E-state index in [1.807, 2.05) is 36.9 Å². The van der Waals surface area contributed by atoms with Crippen molar-refractivity contribution in [2.24, 2.45) is 0 Å². The third-order valence-electron chi connectivity index (χ3n) is 4.85. The molecule has 1 amide bonds. The summed E-state index contributed by atoms with van der Waals surface area (Å²) in [5.41, 5.74) is 0.321. The average molecular weight is 422 g/mol. The highest BCUT2D eigenvalue weighted by Crippen LogP contribution is 2.37. The van der Waals surface area contributed by atoms with Crippen molar-refractivity contribution in [2.45, 2.75) is 25.9 Å². The fourth-order valence-electron chi connectivity index (χ4n) is 3.19. The molecule has 3 rings (SSSR count). The van der Waals surface area contributed by atoms with E-state index in [0.717, 1.165) is 11.6 Å². The van der Waals surface area contributed by atoms with E-state index in [-0.39, 0.29) is 12.3 Å². The van der Waals surface area contributed by atoms with Gasteiger partial charge in [-0.3, -0.25) is 4.79 Å². The molecule has 0 spiro atoms. The second kappa shape index (κ2) is 9.38. The van der Waals surface area contributed by atoms with Crippen molar-refractivity contribution in [1.82, 2.24) is 0 Å². The van der Waals surface area contributed by atoms with E-state index in [1.54, 1.807) is 12.1 Å². The standard InChI is InChI=1S/C22H25F3N2O3/c1-15(2)16-4-3-5-18(12-16)30-14-21(28)26-20-7-6-17(13-19(20)22(23,24)25)27-8-10-29-11-9-27/h3-7,12-13,15H,8-11,14H2,1-2H3,(H,26,28). The fraction of sp³-hybridized carbons (Fsp3) is 0.409. The molecule has 1 N–H and O–H groups in total. The van der Waals surface area contributed by atoms with Crippen molar-refractivity contribution in [3.05, 3.63) is 53.6 Å². The third-order valence-corrected chi connectivity index (χ3v) is 4.85. The maximum absolute atomic E-state index is 13.6. The molecule has 0 bridgehead atoms. The van der Waals surface area contributed by atoms with Gasteiger partial charge in [0.05, 0.1) is 24.5 Å². The molecule has 8 heteroatoms. The Balaban J connectivity index is 1.70. The van der Waals surface area contributed by atoms with Gasteiger partial charge < -0.3 is 19.7 Å². The lowest BCUT2D eigenvalue weighted by Crippen LogP contribution is -2.36. The number of carbonyl (C=O) groups is 1. The maximum Gasteiger partial charge on any atom is 0.418 e. The Labute approximate surface area is 173 Å². The van der Waals surface area contributed by atoms with Crippen molar-refractivity contribution in [2.75, 3.05) is 43.1 Å². The summed E-state index contributed by atoms with van der Waals surface area (Å²) in [5.74, 6) is 0.131. The molecule has 2 aromatic rings. The minimum absolute atomic E-state index is 0.288. The highest BCUT2D eigenvalue weighted by Gasteiger charge is 2.35. The van der Waals surface area contributed by atoms with Crippen LogP contribution in [0.3, 0.4) is 0 Å². The summed E-state index contributed by atoms with van der Waals surface area (Å²) in [6.45, 7) is 5.66. The number of carbonyl (C=O) groups excluding carboxylic acids is 1. The van der Waals surface area contributed by atoms with Crippen LogP contribution in [0, 0.1) is 0 Å². The van der Waals surface area contributed by atoms with Gasteiger partial charge in [-0.2, -0.15) is 13.2 Å². The van der Waals surface area contributed by atoms with Crippen LogP contribution in [0.4, 0.5) is 24.5 Å². The van der Waals surface area contributed by atoms with Gasteiger partial charge in [-0.1, -0.05) is 26.0 Å². The summed E-state index contributed by atoms with van der Waals surface area (Å²) in [6, 6.07) is 11.2. The number of amides is 1. The molecule has 2 aromatic carbocycles. The summed E-state index contributed by atoms with van der Waals surface area (Å²) in [7, 11) is 0. The van der Waals surface area contributed by atoms with Gasteiger partial charge in [-0.05, 0) is 41.8 Å². The Morgan fingerprint density at radius 1 is 1.17 bits per heavy atom. The SMILES string of the molecule is CC(C)c1cccc(OCC(=O)Nc2ccc(N3CCOCC3)cc2C(F)(F)F)c1. The van der Waals surface area contributed by atoms with Crippen LogP contribution in [0.25, 0.3) is 0 Å². The van der Waals surface area contributed by atoms with Gasteiger partial charge >= 0.3 is 6.18 Å². The lowest BCUT2D eigenvalue weighted by molar-refractivity contribution is -0.137. The van der Waals surface area contributed by atoms with Crippen molar-refractivity contribution in [3.8, 4) is 5.75 Å². The zero-order valence-corrected chi connectivity index (χ0v) is 17.0. The van der Waals surface area contributed by atoms with Crippen LogP contribution in [-0.4, -0.2) is 38.8 Å². The predicted octanol–water partition coefficient (Wildman–Crippen LogP) is 4.68. The minimum Gasteiger partial charge on any atom is -0.484 e. The molecule has 1 fully saturated rings. The second-order valence-corrected chi connectivity index (χ2v) is 7.39. The largest absolute Gasteiger partial charge is 0.484 e. The molecule has 1 aliphatic rings. The molecule has 0 radical (unpaired) electrons. The lowest BCUT2D eigenvalue weighted by atomic mass is 10.0. The summed E-state index contributed by atoms with van der Waals surface area (Å²) >= 11 is 0. The first kappa shape index (κ1) is 22.0. The highest BCUT2D eigenvalue weighted by atomic mass is 19.4. The number of nitrogens with zero attached hydrogens (tertiary/aromatic N) is 1. The molecule has 0 aromatic heterocycles. The molecule has 0 unspecified atom stereocenters. The molecule has 30 heavy (non-hydrogen) atoms. The number of anilines is 2. The van der Waals surface area contributed by atoms with Crippen molar-refractivity contribution >= 4 is 17.3 Å². The maximum atomic E-state index is 13.6. The Bertz CT molecular complexity index is 878. The quantitative estimate of drug-likeness (QED) is 0.734. The molecule has 1 saturated heterocycles. The molecular formula is C22H25F3N2O3. The number of alkyl halides is 3. The molecule has 1 aliphatic heterocycles. The second-order valence-electron chi connectivity index (χ2n) is 7.39. The Morgan fingerprint density at radius 2 is 1.90 bits per heavy atom. The Morgan fingerprint density at radius 3 is 2.57 bits per heavy atom. The molecule has 1 heterocycles. The first-order valence-electron chi connectivity index (χ1n) is 9.80. The normalized spacial score (nSPS) is 14.7. The van der Waals surface area contributed by atoms with Crippen LogP contribution < -0.4 is 15.0 Å². The van der Waals surface area contributed by atoms with Gasteiger partial charge in [0.15, 0.2) is 6.61 Å². The number of benzene rings is 2. The van der Waals surface area contributed by atoms with E-state index in [0.29, 0.717) is 43.7 Å². The smallest absolute Gasteiger partial charge is 0.418 e. The van der Waals surface area contributed by atoms with Crippen LogP contribution in [0.5, 0.6) is 5.75 Å². The number of morpholine rings is 1. The monoisotopic (exact) mass is 422 g/mol. The summed E-state index contributed by atoms with van der Waals surface area (Å²) in [5, 5.41) is 2.33. The van der Waals surface area contributed by atoms with E-state index in [2.05, 4.69) is 5.32 Å². The van der Waals surface area contributed by atoms with Gasteiger partial charge in [0.25, 0.3) is 5.91 Å². The number of hydrogen-bond donors (Lipinski definition) is 1. The van der Waals surface area contributed by atoms with Crippen LogP contribution in [-0.2, 0) is 15.7 Å². The molecule has 0 saturated carbocycles. The molecular weight excluding hydrogens is 397 g/mol. The summed E-state index contributed by atoms with van der Waals surface area (Å²) < 4.78 is 51.5. The number of rotatable bonds is 6. The van der Waals surface area contributed by atoms with Crippen LogP contribution >= 0.6 is 0 Å². The molecule has 0 atom stereocenters. The Hall–Kier alpha value is -2.74. The van der Waals surface area contributed by atoms with E-state index in [4.69, 9.17) is 9.47 Å². The predicted molar refractivity (Wildman–Crippen MR) is 109 cm³/mol. The average Bonchev–Trinajstić information content (AvgIpc) is 2.72. The summed E-state index contributed by atoms with van der Waals surface area (Å²) in [6.07, 6.45) is -4.60. The van der Waals surface area contributed by atoms with Crippen LogP contribution in [0.15, 0.2) is 42.5 Å². The van der Waals surface area contributed by atoms with Gasteiger partial charge in [0.1, 0.15) is 5.75 Å². The zero-order valence-electron chi connectivity index (χ0n) is 17.0. The topological polar surface area (TPSA) is 50.8 Å². The first-order chi connectivity index (χ1) is 14.2. The number of hydrogen-bond acceptors (Lipinski definition) is 4. The van der Waals surface area contributed by atoms with Gasteiger partial charge in [-0.15, -0.1) is 0 Å². The number of halogens is 3. The van der Waals surface area contributed by atoms with Gasteiger partial charge in [0.2, 0.25) is 0 Å². The summed E-state index contributed by atoms with van der Waals surface area (Å²) in [4.78, 5) is 14.1. The van der Waals surface area contributed by atoms with Crippen LogP contribution in [0.2, 0.25) is 0 Å². The van der Waals surface area contributed by atoms with E-state index in [1.165, 1.54) is 6.07 Å². The first-order valence-corrected chi connectivity index (χ1v) is 9.80. The van der Waals surface area contributed by atoms with E-state index in [9.17, 15) is 18.0 Å². The lowest BCUT2D eigenvalue weighted by Gasteiger charge is -2.29. The van der Waals surface area contributed by atoms with Crippen LogP contribution in [0.1, 0.15) is 30.9 Å². The fourth-order valence-corrected chi connectivity index (χ4v) is 3.19. The third kappa shape index (κ3) is 5.66. The van der Waals surface area contributed by atoms with E-state index < -0.39 is 17.6 Å². The number of ether oxygens (including phenoxy) is 2. The molecule has 5 nitrogen and oxygen atoms in total. The van der Waals surface area contributed by atoms with Crippen molar-refractivity contribution in [1.29, 1.82) is 0 Å². The Kier molecular flexibility index (Phi) is 6.87.